The van der Waals surface area contributed by atoms with Crippen molar-refractivity contribution in [2.24, 2.45) is 0 Å². The second kappa shape index (κ2) is 5.60. The minimum absolute atomic E-state index is 0.246. The maximum Gasteiger partial charge on any atom is 0.139 e. The molecule has 5 heteroatoms. The molecule has 90 valence electrons. The summed E-state index contributed by atoms with van der Waals surface area (Å²) in [6.07, 6.45) is 0.911. The van der Waals surface area contributed by atoms with Gasteiger partial charge in [0.1, 0.15) is 5.82 Å². The maximum atomic E-state index is 13.2. The van der Waals surface area contributed by atoms with Crippen LogP contribution >= 0.6 is 27.3 Å². The Morgan fingerprint density at radius 2 is 2.29 bits per heavy atom. The van der Waals surface area contributed by atoms with Crippen molar-refractivity contribution in [1.82, 2.24) is 4.98 Å². The zero-order chi connectivity index (χ0) is 12.3. The fourth-order valence-electron chi connectivity index (χ4n) is 1.49. The van der Waals surface area contributed by atoms with Gasteiger partial charge in [-0.15, -0.1) is 11.3 Å². The van der Waals surface area contributed by atoms with E-state index in [2.05, 4.69) is 26.2 Å². The molecule has 0 atom stereocenters. The van der Waals surface area contributed by atoms with Gasteiger partial charge in [0.25, 0.3) is 0 Å². The largest absolute Gasteiger partial charge is 0.385 e. The van der Waals surface area contributed by atoms with Crippen LogP contribution in [0.3, 0.4) is 0 Å². The van der Waals surface area contributed by atoms with E-state index in [1.807, 2.05) is 18.5 Å². The predicted octanol–water partition coefficient (Wildman–Crippen LogP) is 4.01. The Bertz CT molecular complexity index is 513. The summed E-state index contributed by atoms with van der Waals surface area (Å²) in [6.45, 7) is 2.79. The average molecular weight is 315 g/mol. The minimum atomic E-state index is -0.246. The van der Waals surface area contributed by atoms with Gasteiger partial charge in [-0.1, -0.05) is 0 Å². The third-order valence-corrected chi connectivity index (χ3v) is 4.08. The monoisotopic (exact) mass is 314 g/mol. The first kappa shape index (κ1) is 12.5. The molecule has 0 spiro atoms. The Kier molecular flexibility index (Phi) is 4.12. The molecule has 0 amide bonds. The van der Waals surface area contributed by atoms with E-state index in [1.54, 1.807) is 17.4 Å². The van der Waals surface area contributed by atoms with E-state index in [0.29, 0.717) is 4.47 Å². The van der Waals surface area contributed by atoms with Crippen LogP contribution in [0.25, 0.3) is 0 Å². The Hall–Kier alpha value is -0.940. The molecule has 0 radical (unpaired) electrons. The maximum absolute atomic E-state index is 13.2. The van der Waals surface area contributed by atoms with E-state index >= 15 is 0 Å². The van der Waals surface area contributed by atoms with Crippen LogP contribution in [0.15, 0.2) is 28.2 Å². The highest BCUT2D eigenvalue weighted by atomic mass is 79.9. The molecule has 2 aromatic rings. The topological polar surface area (TPSA) is 24.9 Å². The van der Waals surface area contributed by atoms with E-state index < -0.39 is 0 Å². The van der Waals surface area contributed by atoms with Gasteiger partial charge in [0, 0.05) is 23.5 Å². The van der Waals surface area contributed by atoms with Gasteiger partial charge >= 0.3 is 0 Å². The Labute approximate surface area is 112 Å². The SMILES string of the molecule is Cc1ncsc1CCNc1ccc(Br)c(F)c1. The summed E-state index contributed by atoms with van der Waals surface area (Å²) >= 11 is 4.79. The van der Waals surface area contributed by atoms with Crippen molar-refractivity contribution < 1.29 is 4.39 Å². The third-order valence-electron chi connectivity index (χ3n) is 2.45. The molecule has 0 unspecified atom stereocenters. The van der Waals surface area contributed by atoms with E-state index in [1.165, 1.54) is 10.9 Å². The van der Waals surface area contributed by atoms with Gasteiger partial charge in [0.15, 0.2) is 0 Å². The van der Waals surface area contributed by atoms with Gasteiger partial charge in [-0.2, -0.15) is 0 Å². The average Bonchev–Trinajstić information content (AvgIpc) is 2.70. The number of benzene rings is 1. The second-order valence-electron chi connectivity index (χ2n) is 3.67. The van der Waals surface area contributed by atoms with E-state index in [0.717, 1.165) is 24.3 Å². The fourth-order valence-corrected chi connectivity index (χ4v) is 2.52. The predicted molar refractivity (Wildman–Crippen MR) is 73.1 cm³/mol. The lowest BCUT2D eigenvalue weighted by molar-refractivity contribution is 0.621. The van der Waals surface area contributed by atoms with Gasteiger partial charge in [-0.3, -0.25) is 0 Å². The molecular weight excluding hydrogens is 303 g/mol. The number of rotatable bonds is 4. The van der Waals surface area contributed by atoms with Crippen molar-refractivity contribution in [2.45, 2.75) is 13.3 Å². The molecule has 0 fully saturated rings. The first-order valence-corrected chi connectivity index (χ1v) is 6.92. The van der Waals surface area contributed by atoms with Crippen molar-refractivity contribution in [3.63, 3.8) is 0 Å². The molecule has 17 heavy (non-hydrogen) atoms. The van der Waals surface area contributed by atoms with Crippen LogP contribution < -0.4 is 5.32 Å². The van der Waals surface area contributed by atoms with Crippen LogP contribution in [0.4, 0.5) is 10.1 Å². The smallest absolute Gasteiger partial charge is 0.139 e. The number of halogens is 2. The Balaban J connectivity index is 1.90. The summed E-state index contributed by atoms with van der Waals surface area (Å²) in [7, 11) is 0. The van der Waals surface area contributed by atoms with Crippen LogP contribution in [0.2, 0.25) is 0 Å². The number of nitrogens with one attached hydrogen (secondary N) is 1. The lowest BCUT2D eigenvalue weighted by atomic mass is 10.2. The number of nitrogens with zero attached hydrogens (tertiary/aromatic N) is 1. The highest BCUT2D eigenvalue weighted by molar-refractivity contribution is 9.10. The van der Waals surface area contributed by atoms with Crippen molar-refractivity contribution in [3.8, 4) is 0 Å². The van der Waals surface area contributed by atoms with E-state index in [4.69, 9.17) is 0 Å². The van der Waals surface area contributed by atoms with Crippen LogP contribution in [-0.2, 0) is 6.42 Å². The molecule has 2 rings (SSSR count). The molecule has 0 aliphatic heterocycles. The summed E-state index contributed by atoms with van der Waals surface area (Å²) in [5, 5.41) is 3.20. The van der Waals surface area contributed by atoms with Crippen molar-refractivity contribution in [3.05, 3.63) is 44.6 Å². The molecule has 0 bridgehead atoms. The molecule has 2 nitrogen and oxygen atoms in total. The molecule has 0 aliphatic carbocycles. The molecular formula is C12H12BrFN2S. The van der Waals surface area contributed by atoms with Gasteiger partial charge in [0.2, 0.25) is 0 Å². The van der Waals surface area contributed by atoms with E-state index in [9.17, 15) is 4.39 Å². The number of anilines is 1. The van der Waals surface area contributed by atoms with Gasteiger partial charge in [-0.25, -0.2) is 9.37 Å². The molecule has 1 aromatic heterocycles. The van der Waals surface area contributed by atoms with Crippen molar-refractivity contribution >= 4 is 33.0 Å². The number of hydrogen-bond donors (Lipinski definition) is 1. The molecule has 1 aromatic carbocycles. The third kappa shape index (κ3) is 3.26. The Morgan fingerprint density at radius 1 is 1.47 bits per heavy atom. The summed E-state index contributed by atoms with van der Waals surface area (Å²) in [6, 6.07) is 5.05. The first-order valence-electron chi connectivity index (χ1n) is 5.24. The lowest BCUT2D eigenvalue weighted by Gasteiger charge is -2.06. The van der Waals surface area contributed by atoms with Crippen LogP contribution in [0.1, 0.15) is 10.6 Å². The van der Waals surface area contributed by atoms with Crippen LogP contribution in [-0.4, -0.2) is 11.5 Å². The fraction of sp³-hybridized carbons (Fsp3) is 0.250. The summed E-state index contributed by atoms with van der Waals surface area (Å²) in [4.78, 5) is 5.47. The minimum Gasteiger partial charge on any atom is -0.385 e. The highest BCUT2D eigenvalue weighted by Crippen LogP contribution is 2.19. The quantitative estimate of drug-likeness (QED) is 0.922. The molecule has 0 saturated heterocycles. The zero-order valence-electron chi connectivity index (χ0n) is 9.34. The van der Waals surface area contributed by atoms with Crippen molar-refractivity contribution in [2.75, 3.05) is 11.9 Å². The molecule has 0 aliphatic rings. The van der Waals surface area contributed by atoms with Crippen molar-refractivity contribution in [1.29, 1.82) is 0 Å². The number of aryl methyl sites for hydroxylation is 1. The molecule has 1 N–H and O–H groups in total. The normalized spacial score (nSPS) is 10.5. The molecule has 0 saturated carbocycles. The highest BCUT2D eigenvalue weighted by Gasteiger charge is 2.02. The van der Waals surface area contributed by atoms with Gasteiger partial charge < -0.3 is 5.32 Å². The zero-order valence-corrected chi connectivity index (χ0v) is 11.7. The Morgan fingerprint density at radius 3 is 2.94 bits per heavy atom. The number of hydrogen-bond acceptors (Lipinski definition) is 3. The summed E-state index contributed by atoms with van der Waals surface area (Å²) in [5.41, 5.74) is 3.73. The van der Waals surface area contributed by atoms with Gasteiger partial charge in [-0.05, 0) is 41.1 Å². The molecule has 1 heterocycles. The first-order chi connectivity index (χ1) is 8.16. The van der Waals surface area contributed by atoms with Gasteiger partial charge in [0.05, 0.1) is 15.7 Å². The summed E-state index contributed by atoms with van der Waals surface area (Å²) < 4.78 is 13.7. The summed E-state index contributed by atoms with van der Waals surface area (Å²) in [5.74, 6) is -0.246. The lowest BCUT2D eigenvalue weighted by Crippen LogP contribution is -2.04. The number of aromatic nitrogens is 1. The van der Waals surface area contributed by atoms with Crippen LogP contribution in [0.5, 0.6) is 0 Å². The van der Waals surface area contributed by atoms with E-state index in [-0.39, 0.29) is 5.82 Å². The number of thiazole rings is 1. The standard InChI is InChI=1S/C12H12BrFN2S/c1-8-12(17-7-16-8)4-5-15-9-2-3-10(13)11(14)6-9/h2-3,6-7,15H,4-5H2,1H3. The second-order valence-corrected chi connectivity index (χ2v) is 5.46. The van der Waals surface area contributed by atoms with Crippen LogP contribution in [0, 0.1) is 12.7 Å².